The molecule has 6 nitrogen and oxygen atoms in total. The van der Waals surface area contributed by atoms with E-state index in [2.05, 4.69) is 4.74 Å². The molecule has 0 aliphatic carbocycles. The Bertz CT molecular complexity index is 827. The van der Waals surface area contributed by atoms with E-state index in [1.54, 1.807) is 49.5 Å². The van der Waals surface area contributed by atoms with Gasteiger partial charge in [0.2, 0.25) is 0 Å². The molecule has 0 aliphatic rings. The zero-order chi connectivity index (χ0) is 19.8. The number of rotatable bonds is 6. The molecule has 0 bridgehead atoms. The normalized spacial score (nSPS) is 11.7. The van der Waals surface area contributed by atoms with E-state index in [4.69, 9.17) is 4.74 Å². The zero-order valence-electron chi connectivity index (χ0n) is 15.4. The summed E-state index contributed by atoms with van der Waals surface area (Å²) < 4.78 is 9.79. The number of carbonyl (C=O) groups is 3. The molecule has 6 heteroatoms. The number of hydrogen-bond acceptors (Lipinski definition) is 5. The number of ether oxygens (including phenoxy) is 2. The Morgan fingerprint density at radius 2 is 1.63 bits per heavy atom. The first-order chi connectivity index (χ1) is 12.9. The van der Waals surface area contributed by atoms with Crippen LogP contribution in [0.25, 0.3) is 6.08 Å². The fourth-order valence-corrected chi connectivity index (χ4v) is 2.33. The summed E-state index contributed by atoms with van der Waals surface area (Å²) in [4.78, 5) is 37.1. The average molecular weight is 367 g/mol. The van der Waals surface area contributed by atoms with Crippen molar-refractivity contribution in [2.45, 2.75) is 13.0 Å². The molecule has 1 atom stereocenters. The Labute approximate surface area is 158 Å². The Kier molecular flexibility index (Phi) is 6.88. The average Bonchev–Trinajstić information content (AvgIpc) is 2.71. The number of carbonyl (C=O) groups excluding carboxylic acids is 3. The summed E-state index contributed by atoms with van der Waals surface area (Å²) in [5.74, 6) is -1.39. The highest BCUT2D eigenvalue weighted by Crippen LogP contribution is 2.13. The van der Waals surface area contributed by atoms with Gasteiger partial charge in [0, 0.05) is 18.8 Å². The Morgan fingerprint density at radius 3 is 2.22 bits per heavy atom. The summed E-state index contributed by atoms with van der Waals surface area (Å²) in [7, 11) is 2.94. The van der Waals surface area contributed by atoms with Crippen molar-refractivity contribution < 1.29 is 23.9 Å². The molecule has 1 amide bonds. The summed E-state index contributed by atoms with van der Waals surface area (Å²) in [6.07, 6.45) is 1.86. The van der Waals surface area contributed by atoms with Crippen molar-refractivity contribution in [3.8, 4) is 0 Å². The Morgan fingerprint density at radius 1 is 1.00 bits per heavy atom. The van der Waals surface area contributed by atoms with Crippen molar-refractivity contribution in [1.29, 1.82) is 0 Å². The van der Waals surface area contributed by atoms with E-state index in [0.717, 1.165) is 0 Å². The molecule has 0 aliphatic heterocycles. The molecule has 27 heavy (non-hydrogen) atoms. The van der Waals surface area contributed by atoms with Gasteiger partial charge in [0.1, 0.15) is 0 Å². The minimum atomic E-state index is -0.922. The molecular weight excluding hydrogens is 346 g/mol. The lowest BCUT2D eigenvalue weighted by molar-refractivity contribution is -0.148. The van der Waals surface area contributed by atoms with Crippen LogP contribution in [0.2, 0.25) is 0 Å². The molecule has 2 aromatic rings. The highest BCUT2D eigenvalue weighted by atomic mass is 16.5. The SMILES string of the molecule is COC(=O)c1ccc(/C=C/C(=O)O[C@H](C)C(=O)N(C)c2ccccc2)cc1. The van der Waals surface area contributed by atoms with Crippen LogP contribution >= 0.6 is 0 Å². The van der Waals surface area contributed by atoms with Crippen molar-refractivity contribution in [2.75, 3.05) is 19.1 Å². The van der Waals surface area contributed by atoms with Crippen LogP contribution in [-0.2, 0) is 19.1 Å². The van der Waals surface area contributed by atoms with Gasteiger partial charge in [-0.05, 0) is 42.8 Å². The number of anilines is 1. The summed E-state index contributed by atoms with van der Waals surface area (Å²) in [6, 6.07) is 15.6. The van der Waals surface area contributed by atoms with E-state index in [0.29, 0.717) is 16.8 Å². The minimum absolute atomic E-state index is 0.328. The fourth-order valence-electron chi connectivity index (χ4n) is 2.33. The molecule has 0 aromatic heterocycles. The Hall–Kier alpha value is -3.41. The maximum Gasteiger partial charge on any atom is 0.337 e. The van der Waals surface area contributed by atoms with Crippen molar-refractivity contribution in [1.82, 2.24) is 0 Å². The molecule has 0 saturated heterocycles. The standard InChI is InChI=1S/C21H21NO5/c1-15(20(24)22(2)18-7-5-4-6-8-18)27-19(23)14-11-16-9-12-17(13-10-16)21(25)26-3/h4-15H,1-3H3/b14-11+/t15-/m1/s1. The number of benzene rings is 2. The number of esters is 2. The van der Waals surface area contributed by atoms with Gasteiger partial charge >= 0.3 is 11.9 Å². The van der Waals surface area contributed by atoms with Gasteiger partial charge in [0.25, 0.3) is 5.91 Å². The van der Waals surface area contributed by atoms with E-state index in [9.17, 15) is 14.4 Å². The largest absolute Gasteiger partial charge is 0.465 e. The third-order valence-electron chi connectivity index (χ3n) is 3.86. The lowest BCUT2D eigenvalue weighted by Gasteiger charge is -2.21. The quantitative estimate of drug-likeness (QED) is 0.579. The highest BCUT2D eigenvalue weighted by Gasteiger charge is 2.21. The smallest absolute Gasteiger partial charge is 0.337 e. The summed E-state index contributed by atoms with van der Waals surface area (Å²) in [6.45, 7) is 1.53. The molecular formula is C21H21NO5. The van der Waals surface area contributed by atoms with Crippen molar-refractivity contribution >= 4 is 29.6 Å². The molecule has 0 heterocycles. The van der Waals surface area contributed by atoms with Gasteiger partial charge in [-0.2, -0.15) is 0 Å². The third-order valence-corrected chi connectivity index (χ3v) is 3.86. The van der Waals surface area contributed by atoms with Gasteiger partial charge in [-0.15, -0.1) is 0 Å². The van der Waals surface area contributed by atoms with E-state index in [1.165, 1.54) is 25.0 Å². The van der Waals surface area contributed by atoms with Crippen LogP contribution < -0.4 is 4.90 Å². The topological polar surface area (TPSA) is 72.9 Å². The van der Waals surface area contributed by atoms with Crippen molar-refractivity contribution in [3.05, 3.63) is 71.8 Å². The van der Waals surface area contributed by atoms with Crippen LogP contribution in [0, 0.1) is 0 Å². The predicted octanol–water partition coefficient (Wildman–Crippen LogP) is 3.08. The first kappa shape index (κ1) is 19.9. The van der Waals surface area contributed by atoms with Crippen LogP contribution in [0.15, 0.2) is 60.7 Å². The molecule has 2 rings (SSSR count). The second-order valence-corrected chi connectivity index (χ2v) is 5.76. The van der Waals surface area contributed by atoms with E-state index < -0.39 is 18.0 Å². The highest BCUT2D eigenvalue weighted by molar-refractivity contribution is 5.98. The second-order valence-electron chi connectivity index (χ2n) is 5.76. The maximum absolute atomic E-state index is 12.4. The summed E-state index contributed by atoms with van der Waals surface area (Å²) in [5.41, 5.74) is 1.84. The fraction of sp³-hybridized carbons (Fsp3) is 0.190. The Balaban J connectivity index is 1.93. The van der Waals surface area contributed by atoms with Crippen molar-refractivity contribution in [3.63, 3.8) is 0 Å². The summed E-state index contributed by atoms with van der Waals surface area (Å²) >= 11 is 0. The number of para-hydroxylation sites is 1. The van der Waals surface area contributed by atoms with Gasteiger partial charge in [0.15, 0.2) is 6.10 Å². The van der Waals surface area contributed by atoms with Crippen LogP contribution in [-0.4, -0.2) is 38.1 Å². The van der Waals surface area contributed by atoms with Crippen LogP contribution in [0.5, 0.6) is 0 Å². The molecule has 2 aromatic carbocycles. The van der Waals surface area contributed by atoms with Gasteiger partial charge in [0.05, 0.1) is 12.7 Å². The first-order valence-electron chi connectivity index (χ1n) is 8.32. The third kappa shape index (κ3) is 5.54. The zero-order valence-corrected chi connectivity index (χ0v) is 15.4. The monoisotopic (exact) mass is 367 g/mol. The number of nitrogens with zero attached hydrogens (tertiary/aromatic N) is 1. The number of likely N-dealkylation sites (N-methyl/N-ethyl adjacent to an activating group) is 1. The molecule has 0 fully saturated rings. The van der Waals surface area contributed by atoms with Crippen LogP contribution in [0.4, 0.5) is 5.69 Å². The van der Waals surface area contributed by atoms with Crippen LogP contribution in [0.1, 0.15) is 22.8 Å². The van der Waals surface area contributed by atoms with Crippen molar-refractivity contribution in [2.24, 2.45) is 0 Å². The van der Waals surface area contributed by atoms with Gasteiger partial charge in [-0.1, -0.05) is 30.3 Å². The molecule has 0 N–H and O–H groups in total. The van der Waals surface area contributed by atoms with Gasteiger partial charge in [-0.25, -0.2) is 9.59 Å². The molecule has 0 saturated carbocycles. The lowest BCUT2D eigenvalue weighted by atomic mass is 10.1. The number of hydrogen-bond donors (Lipinski definition) is 0. The number of methoxy groups -OCH3 is 1. The predicted molar refractivity (Wildman–Crippen MR) is 102 cm³/mol. The molecule has 0 radical (unpaired) electrons. The van der Waals surface area contributed by atoms with E-state index in [1.807, 2.05) is 18.2 Å². The second kappa shape index (κ2) is 9.33. The number of amides is 1. The minimum Gasteiger partial charge on any atom is -0.465 e. The maximum atomic E-state index is 12.4. The van der Waals surface area contributed by atoms with E-state index >= 15 is 0 Å². The van der Waals surface area contributed by atoms with Crippen LogP contribution in [0.3, 0.4) is 0 Å². The van der Waals surface area contributed by atoms with Gasteiger partial charge in [-0.3, -0.25) is 4.79 Å². The molecule has 0 unspecified atom stereocenters. The molecule has 140 valence electrons. The first-order valence-corrected chi connectivity index (χ1v) is 8.32. The van der Waals surface area contributed by atoms with Gasteiger partial charge < -0.3 is 14.4 Å². The van der Waals surface area contributed by atoms with E-state index in [-0.39, 0.29) is 5.91 Å². The lowest BCUT2D eigenvalue weighted by Crippen LogP contribution is -2.37. The summed E-state index contributed by atoms with van der Waals surface area (Å²) in [5, 5.41) is 0. The molecule has 0 spiro atoms.